The second kappa shape index (κ2) is 10.8. The Morgan fingerprint density at radius 1 is 1.35 bits per heavy atom. The van der Waals surface area contributed by atoms with Crippen molar-refractivity contribution >= 4 is 18.1 Å². The van der Waals surface area contributed by atoms with E-state index in [1.54, 1.807) is 4.90 Å². The van der Waals surface area contributed by atoms with Crippen molar-refractivity contribution in [2.75, 3.05) is 13.2 Å². The molecular formula is C24H29F2N3O5. The van der Waals surface area contributed by atoms with Gasteiger partial charge in [0, 0.05) is 36.3 Å². The number of halogens is 2. The van der Waals surface area contributed by atoms with Gasteiger partial charge >= 0.3 is 0 Å². The largest absolute Gasteiger partial charge is 0.510 e. The maximum Gasteiger partial charge on any atom is 0.276 e. The van der Waals surface area contributed by atoms with E-state index < -0.39 is 29.7 Å². The zero-order valence-corrected chi connectivity index (χ0v) is 19.4. The van der Waals surface area contributed by atoms with Crippen molar-refractivity contribution in [3.8, 4) is 0 Å². The van der Waals surface area contributed by atoms with Crippen LogP contribution >= 0.6 is 0 Å². The van der Waals surface area contributed by atoms with Crippen molar-refractivity contribution in [3.05, 3.63) is 58.6 Å². The number of carbonyl (C=O) groups excluding carboxylic acids is 3. The Kier molecular flexibility index (Phi) is 8.03. The summed E-state index contributed by atoms with van der Waals surface area (Å²) in [7, 11) is 0. The van der Waals surface area contributed by atoms with Crippen molar-refractivity contribution < 1.29 is 33.0 Å². The minimum Gasteiger partial charge on any atom is -0.510 e. The van der Waals surface area contributed by atoms with Crippen LogP contribution in [0.1, 0.15) is 39.2 Å². The van der Waals surface area contributed by atoms with Crippen LogP contribution in [0.5, 0.6) is 0 Å². The van der Waals surface area contributed by atoms with Crippen LogP contribution in [0.15, 0.2) is 41.4 Å². The molecule has 0 saturated carbocycles. The second-order valence-corrected chi connectivity index (χ2v) is 8.54. The summed E-state index contributed by atoms with van der Waals surface area (Å²) >= 11 is 0. The monoisotopic (exact) mass is 477 g/mol. The number of aliphatic hydroxyl groups excluding tert-OH is 1. The van der Waals surface area contributed by atoms with Crippen LogP contribution < -0.4 is 5.32 Å². The van der Waals surface area contributed by atoms with Gasteiger partial charge in [-0.25, -0.2) is 8.78 Å². The fraction of sp³-hybridized carbons (Fsp3) is 0.458. The predicted molar refractivity (Wildman–Crippen MR) is 119 cm³/mol. The van der Waals surface area contributed by atoms with Gasteiger partial charge in [-0.3, -0.25) is 14.4 Å². The maximum absolute atomic E-state index is 13.8. The first-order chi connectivity index (χ1) is 16.2. The lowest BCUT2D eigenvalue weighted by Crippen LogP contribution is -2.63. The summed E-state index contributed by atoms with van der Waals surface area (Å²) in [5.41, 5.74) is -0.342. The second-order valence-electron chi connectivity index (χ2n) is 8.54. The van der Waals surface area contributed by atoms with Gasteiger partial charge in [-0.1, -0.05) is 26.3 Å². The Balaban J connectivity index is 1.83. The molecule has 0 bridgehead atoms. The molecule has 3 atom stereocenters. The van der Waals surface area contributed by atoms with Gasteiger partial charge in [0.15, 0.2) is 12.5 Å². The van der Waals surface area contributed by atoms with Gasteiger partial charge in [0.1, 0.15) is 23.1 Å². The standard InChI is InChI=1S/C24H29F2N3O5/c1-4-5-20-14(2)13-34-21-11-28(22(15(3)31)24(33)29(20)21)10-17(12-30)23(32)27-9-16-6-7-18(25)8-19(16)26/h6-8,10,12,14,20-21,31H,4-5,9,11,13H2,1-3H3,(H,27,32)/b17-10+,22-15+. The number of benzene rings is 1. The SMILES string of the molecule is CCCC1C(C)COC2CN(/C=C(\C=O)C(=O)NCc3ccc(F)cc3F)/C(=C(\C)O)C(=O)N21. The third kappa shape index (κ3) is 5.27. The smallest absolute Gasteiger partial charge is 0.276 e. The molecule has 1 aromatic carbocycles. The molecule has 184 valence electrons. The summed E-state index contributed by atoms with van der Waals surface area (Å²) in [4.78, 5) is 40.6. The third-order valence-electron chi connectivity index (χ3n) is 6.02. The molecule has 3 unspecified atom stereocenters. The van der Waals surface area contributed by atoms with E-state index in [4.69, 9.17) is 4.74 Å². The lowest BCUT2D eigenvalue weighted by atomic mass is 9.93. The zero-order chi connectivity index (χ0) is 25.0. The number of rotatable bonds is 7. The van der Waals surface area contributed by atoms with Crippen LogP contribution in [-0.4, -0.2) is 58.4 Å². The summed E-state index contributed by atoms with van der Waals surface area (Å²) in [5, 5.41) is 12.7. The lowest BCUT2D eigenvalue weighted by Gasteiger charge is -2.50. The Hall–Kier alpha value is -3.27. The molecule has 34 heavy (non-hydrogen) atoms. The van der Waals surface area contributed by atoms with E-state index >= 15 is 0 Å². The van der Waals surface area contributed by atoms with Gasteiger partial charge in [-0.05, 0) is 19.4 Å². The topological polar surface area (TPSA) is 99.2 Å². The number of piperazine rings is 1. The molecule has 2 amide bonds. The fourth-order valence-corrected chi connectivity index (χ4v) is 4.32. The van der Waals surface area contributed by atoms with E-state index in [9.17, 15) is 28.3 Å². The first kappa shape index (κ1) is 25.4. The number of allylic oxidation sites excluding steroid dienone is 1. The Labute approximate surface area is 196 Å². The van der Waals surface area contributed by atoms with E-state index in [-0.39, 0.29) is 47.6 Å². The van der Waals surface area contributed by atoms with Crippen LogP contribution in [0.4, 0.5) is 8.78 Å². The van der Waals surface area contributed by atoms with E-state index in [1.165, 1.54) is 24.1 Å². The number of ether oxygens (including phenoxy) is 1. The van der Waals surface area contributed by atoms with Crippen LogP contribution in [-0.2, 0) is 25.7 Å². The molecule has 2 fully saturated rings. The van der Waals surface area contributed by atoms with E-state index in [0.29, 0.717) is 19.0 Å². The highest BCUT2D eigenvalue weighted by Gasteiger charge is 2.45. The Morgan fingerprint density at radius 2 is 2.09 bits per heavy atom. The zero-order valence-electron chi connectivity index (χ0n) is 19.4. The molecule has 2 N–H and O–H groups in total. The van der Waals surface area contributed by atoms with Crippen LogP contribution in [0.2, 0.25) is 0 Å². The molecule has 2 aliphatic heterocycles. The van der Waals surface area contributed by atoms with E-state index in [2.05, 4.69) is 5.32 Å². The molecule has 3 rings (SSSR count). The summed E-state index contributed by atoms with van der Waals surface area (Å²) in [5.74, 6) is -2.98. The van der Waals surface area contributed by atoms with Gasteiger partial charge in [-0.2, -0.15) is 0 Å². The average Bonchev–Trinajstić information content (AvgIpc) is 2.78. The number of carbonyl (C=O) groups is 3. The van der Waals surface area contributed by atoms with Crippen molar-refractivity contribution in [2.45, 2.75) is 52.4 Å². The summed E-state index contributed by atoms with van der Waals surface area (Å²) in [6, 6.07) is 2.89. The number of nitrogens with zero attached hydrogens (tertiary/aromatic N) is 2. The van der Waals surface area contributed by atoms with E-state index in [1.807, 2.05) is 13.8 Å². The molecule has 0 radical (unpaired) electrons. The summed E-state index contributed by atoms with van der Waals surface area (Å²) in [6.45, 7) is 5.69. The van der Waals surface area contributed by atoms with Gasteiger partial charge < -0.3 is 25.0 Å². The highest BCUT2D eigenvalue weighted by molar-refractivity contribution is 6.10. The van der Waals surface area contributed by atoms with Crippen LogP contribution in [0.3, 0.4) is 0 Å². The third-order valence-corrected chi connectivity index (χ3v) is 6.02. The molecule has 0 aliphatic carbocycles. The average molecular weight is 478 g/mol. The Morgan fingerprint density at radius 3 is 2.71 bits per heavy atom. The first-order valence-electron chi connectivity index (χ1n) is 11.2. The molecule has 0 aromatic heterocycles. The first-order valence-corrected chi connectivity index (χ1v) is 11.2. The van der Waals surface area contributed by atoms with Crippen molar-refractivity contribution in [1.29, 1.82) is 0 Å². The molecule has 1 aromatic rings. The summed E-state index contributed by atoms with van der Waals surface area (Å²) < 4.78 is 32.8. The number of hydrogen-bond donors (Lipinski definition) is 2. The minimum atomic E-state index is -0.829. The number of nitrogens with one attached hydrogen (secondary N) is 1. The number of aliphatic hydroxyl groups is 1. The molecule has 2 saturated heterocycles. The predicted octanol–water partition coefficient (Wildman–Crippen LogP) is 2.76. The van der Waals surface area contributed by atoms with Crippen molar-refractivity contribution in [2.24, 2.45) is 5.92 Å². The van der Waals surface area contributed by atoms with E-state index in [0.717, 1.165) is 18.9 Å². The summed E-state index contributed by atoms with van der Waals surface area (Å²) in [6.07, 6.45) is 2.52. The normalized spacial score (nSPS) is 24.6. The number of hydrogen-bond acceptors (Lipinski definition) is 6. The van der Waals surface area contributed by atoms with Gasteiger partial charge in [0.2, 0.25) is 0 Å². The van der Waals surface area contributed by atoms with Crippen molar-refractivity contribution in [1.82, 2.24) is 15.1 Å². The highest BCUT2D eigenvalue weighted by Crippen LogP contribution is 2.33. The molecule has 10 heteroatoms. The molecule has 2 aliphatic rings. The maximum atomic E-state index is 13.8. The van der Waals surface area contributed by atoms with Gasteiger partial charge in [-0.15, -0.1) is 0 Å². The molecule has 8 nitrogen and oxygen atoms in total. The molecule has 2 heterocycles. The van der Waals surface area contributed by atoms with Gasteiger partial charge in [0.05, 0.1) is 18.7 Å². The highest BCUT2D eigenvalue weighted by atomic mass is 19.1. The van der Waals surface area contributed by atoms with Crippen LogP contribution in [0, 0.1) is 17.6 Å². The fourth-order valence-electron chi connectivity index (χ4n) is 4.32. The number of amides is 2. The Bertz CT molecular complexity index is 1020. The van der Waals surface area contributed by atoms with Crippen LogP contribution in [0.25, 0.3) is 0 Å². The molecule has 0 spiro atoms. The number of aldehydes is 1. The van der Waals surface area contributed by atoms with Gasteiger partial charge in [0.25, 0.3) is 11.8 Å². The minimum absolute atomic E-state index is 0.0438. The lowest BCUT2D eigenvalue weighted by molar-refractivity contribution is -0.183. The quantitative estimate of drug-likeness (QED) is 0.206. The molecular weight excluding hydrogens is 448 g/mol. The number of fused-ring (bicyclic) bond motifs is 1. The van der Waals surface area contributed by atoms with Crippen molar-refractivity contribution in [3.63, 3.8) is 0 Å².